The highest BCUT2D eigenvalue weighted by atomic mass is 32.1. The molecule has 188 valence electrons. The first-order chi connectivity index (χ1) is 17.2. The molecular formula is C25H22O10S. The van der Waals surface area contributed by atoms with Crippen molar-refractivity contribution < 1.29 is 49.1 Å². The molecule has 0 spiro atoms. The van der Waals surface area contributed by atoms with Crippen LogP contribution in [0, 0.1) is 0 Å². The summed E-state index contributed by atoms with van der Waals surface area (Å²) < 4.78 is 11.1. The molecule has 0 radical (unpaired) electrons. The van der Waals surface area contributed by atoms with Crippen molar-refractivity contribution in [3.63, 3.8) is 0 Å². The normalized spacial score (nSPS) is 13.9. The van der Waals surface area contributed by atoms with E-state index in [0.717, 1.165) is 22.8 Å². The lowest BCUT2D eigenvalue weighted by molar-refractivity contribution is -0.228. The molecule has 0 saturated heterocycles. The topological polar surface area (TPSA) is 168 Å². The molecule has 1 aromatic heterocycles. The van der Waals surface area contributed by atoms with E-state index in [1.807, 2.05) is 0 Å². The molecule has 0 saturated carbocycles. The summed E-state index contributed by atoms with van der Waals surface area (Å²) in [5, 5.41) is 43.6. The second kappa shape index (κ2) is 11.1. The summed E-state index contributed by atoms with van der Waals surface area (Å²) >= 11 is 0.911. The van der Waals surface area contributed by atoms with Crippen LogP contribution in [0.4, 0.5) is 0 Å². The first-order valence-corrected chi connectivity index (χ1v) is 11.4. The molecule has 11 heteroatoms. The molecule has 2 aromatic carbocycles. The molecule has 2 unspecified atom stereocenters. The van der Waals surface area contributed by atoms with Gasteiger partial charge in [0.15, 0.2) is 6.10 Å². The van der Waals surface area contributed by atoms with Gasteiger partial charge in [0.2, 0.25) is 11.0 Å². The summed E-state index contributed by atoms with van der Waals surface area (Å²) in [6, 6.07) is 17.1. The van der Waals surface area contributed by atoms with Gasteiger partial charge in [-0.2, -0.15) is 11.3 Å². The lowest BCUT2D eigenvalue weighted by Gasteiger charge is -2.44. The van der Waals surface area contributed by atoms with Crippen molar-refractivity contribution in [1.29, 1.82) is 0 Å². The Morgan fingerprint density at radius 3 is 1.69 bits per heavy atom. The monoisotopic (exact) mass is 514 g/mol. The molecule has 0 aliphatic carbocycles. The fourth-order valence-corrected chi connectivity index (χ4v) is 4.66. The van der Waals surface area contributed by atoms with E-state index in [1.54, 1.807) is 48.5 Å². The zero-order valence-corrected chi connectivity index (χ0v) is 19.5. The molecule has 0 aliphatic heterocycles. The van der Waals surface area contributed by atoms with Gasteiger partial charge in [-0.15, -0.1) is 0 Å². The maximum absolute atomic E-state index is 13.0. The first kappa shape index (κ1) is 26.5. The van der Waals surface area contributed by atoms with E-state index in [1.165, 1.54) is 17.5 Å². The number of carbonyl (C=O) groups is 4. The van der Waals surface area contributed by atoms with Gasteiger partial charge in [-0.25, -0.2) is 9.59 Å². The van der Waals surface area contributed by atoms with Crippen molar-refractivity contribution in [3.05, 3.63) is 94.2 Å². The lowest BCUT2D eigenvalue weighted by Crippen LogP contribution is -2.73. The van der Waals surface area contributed by atoms with E-state index in [-0.39, 0.29) is 0 Å². The van der Waals surface area contributed by atoms with E-state index in [0.29, 0.717) is 11.1 Å². The Morgan fingerprint density at radius 1 is 0.750 bits per heavy atom. The summed E-state index contributed by atoms with van der Waals surface area (Å²) in [7, 11) is 0. The summed E-state index contributed by atoms with van der Waals surface area (Å²) in [4.78, 5) is 51.0. The largest absolute Gasteiger partial charge is 0.480 e. The Bertz CT molecular complexity index is 1200. The molecular weight excluding hydrogens is 492 g/mol. The third-order valence-corrected chi connectivity index (χ3v) is 6.32. The van der Waals surface area contributed by atoms with E-state index in [4.69, 9.17) is 9.47 Å². The number of carboxylic acids is 4. The van der Waals surface area contributed by atoms with Crippen molar-refractivity contribution in [2.24, 2.45) is 0 Å². The minimum atomic E-state index is -3.44. The van der Waals surface area contributed by atoms with Gasteiger partial charge in [0.1, 0.15) is 0 Å². The minimum Gasteiger partial charge on any atom is -0.480 e. The van der Waals surface area contributed by atoms with Crippen LogP contribution in [0.5, 0.6) is 0 Å². The fourth-order valence-electron chi connectivity index (χ4n) is 3.95. The highest BCUT2D eigenvalue weighted by Crippen LogP contribution is 2.45. The highest BCUT2D eigenvalue weighted by molar-refractivity contribution is 7.08. The van der Waals surface area contributed by atoms with Crippen LogP contribution in [-0.2, 0) is 47.3 Å². The van der Waals surface area contributed by atoms with Crippen LogP contribution < -0.4 is 0 Å². The third kappa shape index (κ3) is 4.71. The van der Waals surface area contributed by atoms with Gasteiger partial charge in [-0.3, -0.25) is 9.59 Å². The second-order valence-electron chi connectivity index (χ2n) is 7.70. The Kier molecular flexibility index (Phi) is 8.20. The number of benzene rings is 2. The number of hydrogen-bond acceptors (Lipinski definition) is 7. The van der Waals surface area contributed by atoms with Crippen LogP contribution in [0.1, 0.15) is 16.7 Å². The molecule has 2 atom stereocenters. The van der Waals surface area contributed by atoms with Crippen LogP contribution in [0.2, 0.25) is 0 Å². The minimum absolute atomic E-state index is 0.352. The zero-order chi connectivity index (χ0) is 26.3. The number of rotatable bonds is 13. The highest BCUT2D eigenvalue weighted by Gasteiger charge is 2.75. The molecule has 0 fully saturated rings. The van der Waals surface area contributed by atoms with Gasteiger partial charge in [0.25, 0.3) is 0 Å². The van der Waals surface area contributed by atoms with Gasteiger partial charge in [0, 0.05) is 0 Å². The predicted octanol–water partition coefficient (Wildman–Crippen LogP) is 2.87. The quantitative estimate of drug-likeness (QED) is 0.249. The van der Waals surface area contributed by atoms with Crippen LogP contribution >= 0.6 is 11.3 Å². The average Bonchev–Trinajstić information content (AvgIpc) is 3.38. The third-order valence-electron chi connectivity index (χ3n) is 5.63. The lowest BCUT2D eigenvalue weighted by atomic mass is 9.64. The number of ether oxygens (including phenoxy) is 2. The molecule has 0 aliphatic rings. The number of carboxylic acid groups (broad SMARTS) is 4. The summed E-state index contributed by atoms with van der Waals surface area (Å²) in [6.07, 6.45) is -2.55. The summed E-state index contributed by atoms with van der Waals surface area (Å²) in [5.74, 6) is -8.30. The van der Waals surface area contributed by atoms with Gasteiger partial charge in [0.05, 0.1) is 13.2 Å². The van der Waals surface area contributed by atoms with Crippen LogP contribution in [0.25, 0.3) is 0 Å². The van der Waals surface area contributed by atoms with Gasteiger partial charge in [-0.1, -0.05) is 60.7 Å². The molecule has 3 aromatic rings. The number of aliphatic carboxylic acids is 4. The number of hydrogen-bond donors (Lipinski definition) is 4. The van der Waals surface area contributed by atoms with E-state index < -0.39 is 59.8 Å². The Hall–Kier alpha value is -4.06. The molecule has 1 heterocycles. The van der Waals surface area contributed by atoms with Gasteiger partial charge < -0.3 is 29.9 Å². The molecule has 3 rings (SSSR count). The maximum Gasteiger partial charge on any atom is 0.341 e. The average molecular weight is 515 g/mol. The SMILES string of the molecule is O=C(O)C(OCc1ccccc1)C(OCc1ccccc1)(C(=O)O)C(C(=O)O)(C(=O)O)c1ccsc1. The molecule has 0 bridgehead atoms. The Morgan fingerprint density at radius 2 is 1.28 bits per heavy atom. The van der Waals surface area contributed by atoms with Crippen molar-refractivity contribution in [2.75, 3.05) is 0 Å². The molecule has 36 heavy (non-hydrogen) atoms. The Labute approximate surface area is 209 Å². The maximum atomic E-state index is 13.0. The summed E-state index contributed by atoms with van der Waals surface area (Å²) in [6.45, 7) is -1.07. The van der Waals surface area contributed by atoms with Crippen LogP contribution in [-0.4, -0.2) is 56.0 Å². The zero-order valence-electron chi connectivity index (χ0n) is 18.6. The van der Waals surface area contributed by atoms with E-state index in [9.17, 15) is 39.6 Å². The number of thiophene rings is 1. The summed E-state index contributed by atoms with van der Waals surface area (Å²) in [5.41, 5.74) is -6.52. The molecule has 10 nitrogen and oxygen atoms in total. The standard InChI is InChI=1S/C25H22O10S/c26-20(27)19(34-13-16-7-3-1-4-8-16)25(23(32)33,35-14-17-9-5-2-6-10-17)24(21(28)29,22(30)31)18-11-12-36-15-18/h1-12,15,19H,13-14H2,(H,26,27)(H,28,29)(H,30,31)(H,32,33). The second-order valence-corrected chi connectivity index (χ2v) is 8.48. The van der Waals surface area contributed by atoms with Crippen molar-refractivity contribution in [2.45, 2.75) is 30.3 Å². The fraction of sp³-hybridized carbons (Fsp3) is 0.200. The first-order valence-electron chi connectivity index (χ1n) is 10.5. The smallest absolute Gasteiger partial charge is 0.341 e. The predicted molar refractivity (Wildman–Crippen MR) is 126 cm³/mol. The van der Waals surface area contributed by atoms with Crippen LogP contribution in [0.3, 0.4) is 0 Å². The van der Waals surface area contributed by atoms with Crippen molar-refractivity contribution in [3.8, 4) is 0 Å². The van der Waals surface area contributed by atoms with Crippen LogP contribution in [0.15, 0.2) is 77.5 Å². The van der Waals surface area contributed by atoms with E-state index >= 15 is 0 Å². The van der Waals surface area contributed by atoms with Gasteiger partial charge >= 0.3 is 23.9 Å². The van der Waals surface area contributed by atoms with Crippen molar-refractivity contribution in [1.82, 2.24) is 0 Å². The van der Waals surface area contributed by atoms with E-state index in [2.05, 4.69) is 0 Å². The van der Waals surface area contributed by atoms with Gasteiger partial charge in [-0.05, 0) is 33.5 Å². The molecule has 0 amide bonds. The molecule has 4 N–H and O–H groups in total. The van der Waals surface area contributed by atoms with Crippen molar-refractivity contribution >= 4 is 35.2 Å². The Balaban J connectivity index is 2.28.